The van der Waals surface area contributed by atoms with Gasteiger partial charge in [-0.25, -0.2) is 19.7 Å². The van der Waals surface area contributed by atoms with E-state index in [0.717, 1.165) is 16.1 Å². The van der Waals surface area contributed by atoms with E-state index in [1.165, 1.54) is 11.3 Å². The molecule has 11 nitrogen and oxygen atoms in total. The summed E-state index contributed by atoms with van der Waals surface area (Å²) in [7, 11) is -3.27. The van der Waals surface area contributed by atoms with Gasteiger partial charge in [-0.05, 0) is 57.9 Å². The number of hydrogen-bond acceptors (Lipinski definition) is 10. The highest BCUT2D eigenvalue weighted by Crippen LogP contribution is 2.75. The molecular formula is C26H34N6O5S2. The molecule has 1 atom stereocenters. The number of hydrogen-bond donors (Lipinski definition) is 5. The standard InChI is InChI=1S/C26H34N6O5S2/c1-16-15-37-13-11-32(16)22-14-21(26(8-9-26)39(35,36)25-28-17(2)18(3)38-25)30-23(31-22)19-4-6-20(7-5-19)29-24(34)27-10-12-33/h4-7,14,16,33,35-36H,8-13,15H2,1-3H3,(H2,27,29,34)/t16-/m0/s1. The van der Waals surface area contributed by atoms with Crippen LogP contribution in [0.3, 0.4) is 0 Å². The number of benzene rings is 1. The van der Waals surface area contributed by atoms with Crippen LogP contribution in [0.5, 0.6) is 0 Å². The third-order valence-corrected chi connectivity index (χ3v) is 11.2. The third-order valence-electron chi connectivity index (χ3n) is 7.14. The number of nitrogens with one attached hydrogen (secondary N) is 2. The molecule has 5 rings (SSSR count). The summed E-state index contributed by atoms with van der Waals surface area (Å²) >= 11 is 1.33. The van der Waals surface area contributed by atoms with Crippen molar-refractivity contribution in [1.82, 2.24) is 20.3 Å². The highest BCUT2D eigenvalue weighted by atomic mass is 32.3. The van der Waals surface area contributed by atoms with E-state index in [2.05, 4.69) is 27.4 Å². The number of carbonyl (C=O) groups excluding carboxylic acids is 1. The topological polar surface area (TPSA) is 153 Å². The lowest BCUT2D eigenvalue weighted by molar-refractivity contribution is 0.0985. The van der Waals surface area contributed by atoms with Gasteiger partial charge in [-0.15, -0.1) is 21.9 Å². The summed E-state index contributed by atoms with van der Waals surface area (Å²) in [4.78, 5) is 29.4. The highest BCUT2D eigenvalue weighted by molar-refractivity contribution is 8.26. The van der Waals surface area contributed by atoms with Crippen molar-refractivity contribution >= 4 is 39.5 Å². The van der Waals surface area contributed by atoms with Crippen LogP contribution in [0, 0.1) is 13.8 Å². The van der Waals surface area contributed by atoms with Crippen LogP contribution in [0.25, 0.3) is 11.4 Å². The largest absolute Gasteiger partial charge is 0.395 e. The first-order valence-corrected chi connectivity index (χ1v) is 15.2. The van der Waals surface area contributed by atoms with E-state index in [1.807, 2.05) is 32.0 Å². The first-order chi connectivity index (χ1) is 18.6. The summed E-state index contributed by atoms with van der Waals surface area (Å²) in [6.07, 6.45) is 1.18. The molecule has 5 N–H and O–H groups in total. The average molecular weight is 575 g/mol. The molecule has 3 aromatic rings. The molecule has 1 aromatic carbocycles. The molecule has 2 aromatic heterocycles. The molecule has 39 heavy (non-hydrogen) atoms. The lowest BCUT2D eigenvalue weighted by Crippen LogP contribution is -2.44. The average Bonchev–Trinajstić information content (AvgIpc) is 3.68. The van der Waals surface area contributed by atoms with Gasteiger partial charge in [0.25, 0.3) is 0 Å². The summed E-state index contributed by atoms with van der Waals surface area (Å²) < 4.78 is 28.3. The summed E-state index contributed by atoms with van der Waals surface area (Å²) in [5, 5.41) is 14.2. The van der Waals surface area contributed by atoms with Crippen LogP contribution in [-0.4, -0.2) is 74.1 Å². The lowest BCUT2D eigenvalue weighted by atomic mass is 10.1. The van der Waals surface area contributed by atoms with Crippen LogP contribution in [0.1, 0.15) is 36.0 Å². The molecule has 1 saturated carbocycles. The van der Waals surface area contributed by atoms with Crippen molar-refractivity contribution in [3.05, 3.63) is 46.6 Å². The molecule has 1 aliphatic carbocycles. The first-order valence-electron chi connectivity index (χ1n) is 12.9. The summed E-state index contributed by atoms with van der Waals surface area (Å²) in [6, 6.07) is 8.72. The van der Waals surface area contributed by atoms with Gasteiger partial charge in [0, 0.05) is 35.3 Å². The maximum atomic E-state index is 11.9. The monoisotopic (exact) mass is 574 g/mol. The smallest absolute Gasteiger partial charge is 0.319 e. The molecule has 1 saturated heterocycles. The van der Waals surface area contributed by atoms with Crippen LogP contribution in [-0.2, 0) is 9.48 Å². The molecule has 0 bridgehead atoms. The summed E-state index contributed by atoms with van der Waals surface area (Å²) in [5.74, 6) is 1.18. The number of ether oxygens (including phenoxy) is 1. The minimum atomic E-state index is -3.27. The van der Waals surface area contributed by atoms with Gasteiger partial charge < -0.3 is 25.4 Å². The minimum absolute atomic E-state index is 0.0955. The molecule has 2 aliphatic rings. The second-order valence-corrected chi connectivity index (χ2v) is 13.6. The highest BCUT2D eigenvalue weighted by Gasteiger charge is 2.59. The summed E-state index contributed by atoms with van der Waals surface area (Å²) in [5.41, 5.74) is 2.70. The number of morpholine rings is 1. The Bertz CT molecular complexity index is 1330. The quantitative estimate of drug-likeness (QED) is 0.264. The van der Waals surface area contributed by atoms with E-state index in [4.69, 9.17) is 19.8 Å². The van der Waals surface area contributed by atoms with Crippen molar-refractivity contribution in [3.8, 4) is 11.4 Å². The molecule has 13 heteroatoms. The molecule has 0 spiro atoms. The number of amides is 2. The maximum Gasteiger partial charge on any atom is 0.319 e. The number of rotatable bonds is 8. The van der Waals surface area contributed by atoms with Crippen LogP contribution < -0.4 is 15.5 Å². The molecule has 1 aliphatic heterocycles. The zero-order valence-electron chi connectivity index (χ0n) is 22.2. The number of carbonyl (C=O) groups is 1. The molecule has 210 valence electrons. The van der Waals surface area contributed by atoms with Crippen molar-refractivity contribution < 1.29 is 23.7 Å². The number of aryl methyl sites for hydroxylation is 2. The van der Waals surface area contributed by atoms with Crippen molar-refractivity contribution in [2.45, 2.75) is 48.7 Å². The normalized spacial score (nSPS) is 19.0. The number of nitrogens with zero attached hydrogens (tertiary/aromatic N) is 4. The molecular weight excluding hydrogens is 540 g/mol. The van der Waals surface area contributed by atoms with Gasteiger partial charge in [0.15, 0.2) is 5.82 Å². The van der Waals surface area contributed by atoms with Gasteiger partial charge in [-0.3, -0.25) is 9.11 Å². The Hall–Kier alpha value is -2.81. The van der Waals surface area contributed by atoms with E-state index in [-0.39, 0.29) is 19.2 Å². The Balaban J connectivity index is 1.52. The fourth-order valence-electron chi connectivity index (χ4n) is 4.59. The van der Waals surface area contributed by atoms with E-state index in [1.54, 1.807) is 12.1 Å². The van der Waals surface area contributed by atoms with Crippen molar-refractivity contribution in [1.29, 1.82) is 0 Å². The molecule has 3 heterocycles. The Morgan fingerprint density at radius 2 is 1.95 bits per heavy atom. The van der Waals surface area contributed by atoms with Crippen molar-refractivity contribution in [3.63, 3.8) is 0 Å². The maximum absolute atomic E-state index is 11.9. The van der Waals surface area contributed by atoms with E-state index in [0.29, 0.717) is 60.0 Å². The third kappa shape index (κ3) is 5.47. The van der Waals surface area contributed by atoms with Crippen molar-refractivity contribution in [2.24, 2.45) is 0 Å². The zero-order valence-corrected chi connectivity index (χ0v) is 23.8. The van der Waals surface area contributed by atoms with Crippen molar-refractivity contribution in [2.75, 3.05) is 43.1 Å². The number of aromatic nitrogens is 3. The second-order valence-electron chi connectivity index (χ2n) is 9.90. The van der Waals surface area contributed by atoms with Gasteiger partial charge in [-0.1, -0.05) is 0 Å². The van der Waals surface area contributed by atoms with Gasteiger partial charge in [0.1, 0.15) is 10.6 Å². The fraction of sp³-hybridized carbons (Fsp3) is 0.462. The van der Waals surface area contributed by atoms with E-state index >= 15 is 0 Å². The van der Waals surface area contributed by atoms with Gasteiger partial charge in [0.05, 0.1) is 37.3 Å². The van der Waals surface area contributed by atoms with E-state index < -0.39 is 21.4 Å². The Kier molecular flexibility index (Phi) is 7.82. The predicted octanol–water partition coefficient (Wildman–Crippen LogP) is 4.35. The van der Waals surface area contributed by atoms with E-state index in [9.17, 15) is 13.9 Å². The predicted molar refractivity (Wildman–Crippen MR) is 153 cm³/mol. The van der Waals surface area contributed by atoms with Crippen LogP contribution in [0.4, 0.5) is 16.3 Å². The number of thiazole rings is 1. The molecule has 0 unspecified atom stereocenters. The summed E-state index contributed by atoms with van der Waals surface area (Å²) in [6.45, 7) is 7.72. The lowest BCUT2D eigenvalue weighted by Gasteiger charge is -2.39. The molecule has 2 amide bonds. The Morgan fingerprint density at radius 1 is 1.21 bits per heavy atom. The minimum Gasteiger partial charge on any atom is -0.395 e. The van der Waals surface area contributed by atoms with Gasteiger partial charge in [-0.2, -0.15) is 0 Å². The Morgan fingerprint density at radius 3 is 2.56 bits per heavy atom. The molecule has 0 radical (unpaired) electrons. The van der Waals surface area contributed by atoms with Crippen LogP contribution in [0.15, 0.2) is 34.7 Å². The van der Waals surface area contributed by atoms with Crippen LogP contribution >= 0.6 is 21.9 Å². The van der Waals surface area contributed by atoms with Crippen LogP contribution in [0.2, 0.25) is 0 Å². The zero-order chi connectivity index (χ0) is 27.8. The second kappa shape index (κ2) is 11.0. The SMILES string of the molecule is Cc1nc(S(O)(O)C2(c3cc(N4CCOC[C@@H]4C)nc(-c4ccc(NC(=O)NCCO)cc4)n3)CC2)sc1C. The number of aliphatic hydroxyl groups excluding tert-OH is 1. The van der Waals surface area contributed by atoms with Gasteiger partial charge >= 0.3 is 6.03 Å². The van der Waals surface area contributed by atoms with Gasteiger partial charge in [0.2, 0.25) is 4.34 Å². The Labute approximate surface area is 233 Å². The molecule has 2 fully saturated rings. The number of urea groups is 1. The number of anilines is 2. The first kappa shape index (κ1) is 27.7. The fourth-order valence-corrected chi connectivity index (χ4v) is 8.21. The number of aliphatic hydroxyl groups is 1.